The van der Waals surface area contributed by atoms with Crippen LogP contribution in [0, 0.1) is 0 Å². The molecule has 0 radical (unpaired) electrons. The molecule has 0 aliphatic heterocycles. The summed E-state index contributed by atoms with van der Waals surface area (Å²) in [6.07, 6.45) is 6.90. The van der Waals surface area contributed by atoms with Crippen LogP contribution in [-0.4, -0.2) is 11.6 Å². The largest absolute Gasteiger partial charge is 0.289 e. The van der Waals surface area contributed by atoms with Crippen molar-refractivity contribution in [3.63, 3.8) is 0 Å². The molecular formula is C18H10O2S2. The van der Waals surface area contributed by atoms with Crippen LogP contribution in [0.25, 0.3) is 11.1 Å². The second-order valence-electron chi connectivity index (χ2n) is 5.00. The van der Waals surface area contributed by atoms with Crippen molar-refractivity contribution in [1.82, 2.24) is 0 Å². The topological polar surface area (TPSA) is 34.1 Å². The molecule has 0 bridgehead atoms. The van der Waals surface area contributed by atoms with Crippen molar-refractivity contribution in [1.29, 1.82) is 0 Å². The molecule has 0 saturated heterocycles. The van der Waals surface area contributed by atoms with Gasteiger partial charge in [0.05, 0.1) is 0 Å². The maximum absolute atomic E-state index is 12.3. The minimum absolute atomic E-state index is 0.00858. The van der Waals surface area contributed by atoms with Gasteiger partial charge in [-0.15, -0.1) is 22.7 Å². The van der Waals surface area contributed by atoms with E-state index in [0.29, 0.717) is 11.1 Å². The number of carbonyl (C=O) groups excluding carboxylic acids is 2. The summed E-state index contributed by atoms with van der Waals surface area (Å²) in [7, 11) is 0. The van der Waals surface area contributed by atoms with E-state index < -0.39 is 0 Å². The molecule has 4 rings (SSSR count). The minimum Gasteiger partial charge on any atom is -0.289 e. The number of carbonyl (C=O) groups is 2. The van der Waals surface area contributed by atoms with Crippen molar-refractivity contribution in [3.8, 4) is 0 Å². The monoisotopic (exact) mass is 322 g/mol. The second-order valence-corrected chi connectivity index (χ2v) is 6.89. The zero-order chi connectivity index (χ0) is 15.1. The van der Waals surface area contributed by atoms with Crippen molar-refractivity contribution in [2.45, 2.75) is 0 Å². The molecule has 0 amide bonds. The quantitative estimate of drug-likeness (QED) is 0.826. The number of allylic oxidation sites excluding steroid dienone is 8. The predicted molar refractivity (Wildman–Crippen MR) is 90.8 cm³/mol. The van der Waals surface area contributed by atoms with Gasteiger partial charge in [0.15, 0.2) is 11.6 Å². The molecule has 0 unspecified atom stereocenters. The lowest BCUT2D eigenvalue weighted by atomic mass is 9.86. The second kappa shape index (κ2) is 5.16. The Bertz CT molecular complexity index is 813. The van der Waals surface area contributed by atoms with Crippen LogP contribution in [0.15, 0.2) is 70.5 Å². The first kappa shape index (κ1) is 13.4. The first-order valence-corrected chi connectivity index (χ1v) is 8.52. The molecule has 0 saturated carbocycles. The first-order valence-electron chi connectivity index (χ1n) is 6.76. The highest BCUT2D eigenvalue weighted by Gasteiger charge is 2.24. The maximum atomic E-state index is 12.3. The molecule has 4 heteroatoms. The van der Waals surface area contributed by atoms with Crippen LogP contribution in [-0.2, 0) is 9.59 Å². The molecule has 22 heavy (non-hydrogen) atoms. The van der Waals surface area contributed by atoms with E-state index in [1.54, 1.807) is 12.2 Å². The SMILES string of the molecule is O=C1C=C2C=C(c3cccs3)C(=O)C=C2C=C1c1cccs1. The zero-order valence-corrected chi connectivity index (χ0v) is 13.0. The van der Waals surface area contributed by atoms with Crippen LogP contribution in [0.4, 0.5) is 0 Å². The van der Waals surface area contributed by atoms with Crippen molar-refractivity contribution < 1.29 is 9.59 Å². The number of fused-ring (bicyclic) bond motifs is 1. The molecule has 0 spiro atoms. The van der Waals surface area contributed by atoms with E-state index in [9.17, 15) is 9.59 Å². The third-order valence-corrected chi connectivity index (χ3v) is 5.42. The molecule has 2 nitrogen and oxygen atoms in total. The van der Waals surface area contributed by atoms with Crippen LogP contribution >= 0.6 is 22.7 Å². The van der Waals surface area contributed by atoms with E-state index in [1.807, 2.05) is 47.2 Å². The Morgan fingerprint density at radius 2 is 1.09 bits per heavy atom. The van der Waals surface area contributed by atoms with Crippen LogP contribution in [0.5, 0.6) is 0 Å². The number of thiophene rings is 2. The molecule has 106 valence electrons. The first-order chi connectivity index (χ1) is 10.7. The van der Waals surface area contributed by atoms with Gasteiger partial charge in [-0.3, -0.25) is 9.59 Å². The Hall–Kier alpha value is -2.30. The molecule has 0 atom stereocenters. The Labute approximate surface area is 135 Å². The van der Waals surface area contributed by atoms with Gasteiger partial charge < -0.3 is 0 Å². The lowest BCUT2D eigenvalue weighted by Crippen LogP contribution is -2.11. The van der Waals surface area contributed by atoms with Gasteiger partial charge in [0.1, 0.15) is 0 Å². The number of hydrogen-bond donors (Lipinski definition) is 0. The highest BCUT2D eigenvalue weighted by Crippen LogP contribution is 2.35. The van der Waals surface area contributed by atoms with Gasteiger partial charge in [0.25, 0.3) is 0 Å². The fraction of sp³-hybridized carbons (Fsp3) is 0. The molecule has 0 N–H and O–H groups in total. The third-order valence-electron chi connectivity index (χ3n) is 3.61. The average Bonchev–Trinajstić information content (AvgIpc) is 3.20. The van der Waals surface area contributed by atoms with E-state index in [2.05, 4.69) is 0 Å². The van der Waals surface area contributed by atoms with Crippen LogP contribution in [0.1, 0.15) is 9.75 Å². The molecule has 0 aromatic carbocycles. The van der Waals surface area contributed by atoms with E-state index >= 15 is 0 Å². The fourth-order valence-corrected chi connectivity index (χ4v) is 4.05. The molecule has 2 aromatic rings. The summed E-state index contributed by atoms with van der Waals surface area (Å²) >= 11 is 3.06. The van der Waals surface area contributed by atoms with E-state index in [1.165, 1.54) is 22.7 Å². The highest BCUT2D eigenvalue weighted by molar-refractivity contribution is 7.11. The van der Waals surface area contributed by atoms with E-state index in [4.69, 9.17) is 0 Å². The summed E-state index contributed by atoms with van der Waals surface area (Å²) in [6.45, 7) is 0. The van der Waals surface area contributed by atoms with Gasteiger partial charge >= 0.3 is 0 Å². The van der Waals surface area contributed by atoms with Gasteiger partial charge in [-0.2, -0.15) is 0 Å². The summed E-state index contributed by atoms with van der Waals surface area (Å²) in [5.41, 5.74) is 2.94. The summed E-state index contributed by atoms with van der Waals surface area (Å²) in [6, 6.07) is 7.68. The van der Waals surface area contributed by atoms with Crippen molar-refractivity contribution in [3.05, 3.63) is 80.2 Å². The Kier molecular flexibility index (Phi) is 3.13. The average molecular weight is 322 g/mol. The van der Waals surface area contributed by atoms with Crippen molar-refractivity contribution in [2.24, 2.45) is 0 Å². The molecule has 2 aliphatic rings. The van der Waals surface area contributed by atoms with Crippen LogP contribution in [0.2, 0.25) is 0 Å². The van der Waals surface area contributed by atoms with Crippen molar-refractivity contribution in [2.75, 3.05) is 0 Å². The minimum atomic E-state index is -0.00858. The Morgan fingerprint density at radius 1 is 0.636 bits per heavy atom. The van der Waals surface area contributed by atoms with Gasteiger partial charge in [-0.25, -0.2) is 0 Å². The van der Waals surface area contributed by atoms with Gasteiger partial charge in [0.2, 0.25) is 0 Å². The molecule has 0 fully saturated rings. The zero-order valence-electron chi connectivity index (χ0n) is 11.4. The number of ketones is 2. The van der Waals surface area contributed by atoms with Gasteiger partial charge in [0, 0.05) is 20.9 Å². The van der Waals surface area contributed by atoms with Crippen LogP contribution in [0.3, 0.4) is 0 Å². The summed E-state index contributed by atoms with van der Waals surface area (Å²) in [5.74, 6) is -0.0172. The fourth-order valence-electron chi connectivity index (χ4n) is 2.56. The molecule has 2 aromatic heterocycles. The smallest absolute Gasteiger partial charge is 0.187 e. The van der Waals surface area contributed by atoms with E-state index in [-0.39, 0.29) is 11.6 Å². The summed E-state index contributed by atoms with van der Waals surface area (Å²) in [4.78, 5) is 26.6. The molecular weight excluding hydrogens is 312 g/mol. The molecule has 2 aliphatic carbocycles. The molecule has 2 heterocycles. The lowest BCUT2D eigenvalue weighted by molar-refractivity contribution is -0.110. The Balaban J connectivity index is 1.78. The van der Waals surface area contributed by atoms with Crippen molar-refractivity contribution >= 4 is 45.4 Å². The predicted octanol–water partition coefficient (Wildman–Crippen LogP) is 4.29. The summed E-state index contributed by atoms with van der Waals surface area (Å²) in [5, 5.41) is 3.88. The van der Waals surface area contributed by atoms with Gasteiger partial charge in [-0.1, -0.05) is 12.1 Å². The standard InChI is InChI=1S/C18H10O2S2/c19-15-9-12-8-14(18-4-2-6-22-18)16(20)10-11(12)7-13(15)17-3-1-5-21-17/h1-10H. The number of hydrogen-bond acceptors (Lipinski definition) is 4. The summed E-state index contributed by atoms with van der Waals surface area (Å²) < 4.78 is 0. The highest BCUT2D eigenvalue weighted by atomic mass is 32.1. The van der Waals surface area contributed by atoms with Gasteiger partial charge in [-0.05, 0) is 58.3 Å². The normalized spacial score (nSPS) is 17.5. The Morgan fingerprint density at radius 3 is 1.45 bits per heavy atom. The van der Waals surface area contributed by atoms with Crippen LogP contribution < -0.4 is 0 Å². The lowest BCUT2D eigenvalue weighted by Gasteiger charge is -2.18. The number of rotatable bonds is 2. The van der Waals surface area contributed by atoms with E-state index in [0.717, 1.165) is 20.9 Å². The third kappa shape index (κ3) is 2.17. The maximum Gasteiger partial charge on any atom is 0.187 e.